The van der Waals surface area contributed by atoms with Gasteiger partial charge in [-0.3, -0.25) is 14.2 Å². The molecular weight excluding hydrogens is 227 g/mol. The predicted molar refractivity (Wildman–Crippen MR) is 49.7 cm³/mol. The van der Waals surface area contributed by atoms with Crippen LogP contribution in [0.3, 0.4) is 0 Å². The van der Waals surface area contributed by atoms with Gasteiger partial charge >= 0.3 is 19.5 Å². The molecule has 0 rings (SSSR count). The van der Waals surface area contributed by atoms with E-state index in [9.17, 15) is 14.2 Å². The van der Waals surface area contributed by atoms with Crippen molar-refractivity contribution in [1.82, 2.24) is 0 Å². The van der Waals surface area contributed by atoms with Crippen LogP contribution in [0.25, 0.3) is 0 Å². The van der Waals surface area contributed by atoms with Gasteiger partial charge in [0.25, 0.3) is 0 Å². The summed E-state index contributed by atoms with van der Waals surface area (Å²) < 4.78 is 25.2. The van der Waals surface area contributed by atoms with Gasteiger partial charge in [-0.15, -0.1) is 0 Å². The lowest BCUT2D eigenvalue weighted by Gasteiger charge is -2.20. The Morgan fingerprint density at radius 3 is 2.00 bits per heavy atom. The molecule has 1 N–H and O–H groups in total. The van der Waals surface area contributed by atoms with Gasteiger partial charge in [0.05, 0.1) is 13.5 Å². The highest BCUT2D eigenvalue weighted by Gasteiger charge is 2.42. The van der Waals surface area contributed by atoms with E-state index in [1.807, 2.05) is 0 Å². The number of carbonyl (C=O) groups is 2. The maximum Gasteiger partial charge on any atom is 0.344 e. The molecule has 0 bridgehead atoms. The molecule has 0 aliphatic heterocycles. The van der Waals surface area contributed by atoms with Gasteiger partial charge in [0.2, 0.25) is 0 Å². The average molecular weight is 240 g/mol. The van der Waals surface area contributed by atoms with Gasteiger partial charge < -0.3 is 18.9 Å². The summed E-state index contributed by atoms with van der Waals surface area (Å²) in [5.41, 5.74) is -1.45. The fraction of sp³-hybridized carbons (Fsp3) is 0.714. The third-order valence-electron chi connectivity index (χ3n) is 1.73. The van der Waals surface area contributed by atoms with Crippen molar-refractivity contribution in [3.05, 3.63) is 0 Å². The van der Waals surface area contributed by atoms with Crippen molar-refractivity contribution in [2.75, 3.05) is 21.3 Å². The lowest BCUT2D eigenvalue weighted by molar-refractivity contribution is -0.145. The maximum atomic E-state index is 11.8. The zero-order valence-electron chi connectivity index (χ0n) is 8.63. The number of carboxylic acids is 1. The van der Waals surface area contributed by atoms with Crippen LogP contribution in [0.5, 0.6) is 0 Å². The smallest absolute Gasteiger partial charge is 0.344 e. The molecular formula is C7H13O7P. The van der Waals surface area contributed by atoms with Crippen LogP contribution < -0.4 is 0 Å². The molecule has 0 aliphatic rings. The molecule has 1 atom stereocenters. The number of carbonyl (C=O) groups excluding carboxylic acids is 1. The summed E-state index contributed by atoms with van der Waals surface area (Å²) in [6, 6.07) is 0. The predicted octanol–water partition coefficient (Wildman–Crippen LogP) is 0.489. The minimum absolute atomic E-state index is 0.675. The minimum atomic E-state index is -3.77. The largest absolute Gasteiger partial charge is 0.481 e. The van der Waals surface area contributed by atoms with Gasteiger partial charge in [-0.05, 0) is 0 Å². The zero-order valence-corrected chi connectivity index (χ0v) is 9.52. The monoisotopic (exact) mass is 240 g/mol. The third-order valence-corrected chi connectivity index (χ3v) is 3.91. The van der Waals surface area contributed by atoms with Crippen molar-refractivity contribution < 1.29 is 33.0 Å². The van der Waals surface area contributed by atoms with Crippen LogP contribution in [-0.2, 0) is 27.9 Å². The molecule has 0 fully saturated rings. The van der Waals surface area contributed by atoms with Crippen LogP contribution in [0.4, 0.5) is 0 Å². The number of ether oxygens (including phenoxy) is 1. The topological polar surface area (TPSA) is 99.1 Å². The van der Waals surface area contributed by atoms with Crippen molar-refractivity contribution in [3.8, 4) is 0 Å². The first-order valence-corrected chi connectivity index (χ1v) is 5.53. The number of hydrogen-bond donors (Lipinski definition) is 1. The zero-order chi connectivity index (χ0) is 12.1. The van der Waals surface area contributed by atoms with Gasteiger partial charge in [0.1, 0.15) is 0 Å². The summed E-state index contributed by atoms with van der Waals surface area (Å²) >= 11 is 0. The maximum absolute atomic E-state index is 11.8. The Kier molecular flexibility index (Phi) is 5.49. The Labute approximate surface area is 86.8 Å². The van der Waals surface area contributed by atoms with Crippen LogP contribution in [-0.4, -0.2) is 44.0 Å². The van der Waals surface area contributed by atoms with Crippen molar-refractivity contribution in [2.24, 2.45) is 0 Å². The number of aliphatic carboxylic acids is 1. The number of methoxy groups -OCH3 is 1. The molecule has 0 saturated carbocycles. The summed E-state index contributed by atoms with van der Waals surface area (Å²) in [6.45, 7) is 0. The van der Waals surface area contributed by atoms with Crippen LogP contribution >= 0.6 is 7.60 Å². The number of carboxylic acid groups (broad SMARTS) is 1. The molecule has 88 valence electrons. The Hall–Kier alpha value is -0.910. The molecule has 0 aromatic heterocycles. The van der Waals surface area contributed by atoms with Gasteiger partial charge in [0.15, 0.2) is 5.66 Å². The molecule has 0 heterocycles. The number of rotatable bonds is 6. The van der Waals surface area contributed by atoms with Crippen molar-refractivity contribution >= 4 is 19.5 Å². The number of hydrogen-bond acceptors (Lipinski definition) is 6. The highest BCUT2D eigenvalue weighted by atomic mass is 31.2. The fourth-order valence-corrected chi connectivity index (χ4v) is 2.36. The summed E-state index contributed by atoms with van der Waals surface area (Å²) in [7, 11) is -0.568. The van der Waals surface area contributed by atoms with Gasteiger partial charge in [-0.25, -0.2) is 0 Å². The standard InChI is InChI=1S/C7H13O7P/c1-12-7(10)5(4-6(8)9)15(11,13-2)14-3/h5H,4H2,1-3H3,(H,8,9). The third kappa shape index (κ3) is 3.62. The van der Waals surface area contributed by atoms with Crippen LogP contribution in [0.15, 0.2) is 0 Å². The van der Waals surface area contributed by atoms with E-state index in [2.05, 4.69) is 13.8 Å². The second-order valence-electron chi connectivity index (χ2n) is 2.54. The Morgan fingerprint density at radius 1 is 1.27 bits per heavy atom. The van der Waals surface area contributed by atoms with E-state index < -0.39 is 31.6 Å². The number of esters is 1. The van der Waals surface area contributed by atoms with E-state index in [4.69, 9.17) is 5.11 Å². The van der Waals surface area contributed by atoms with Crippen molar-refractivity contribution in [3.63, 3.8) is 0 Å². The van der Waals surface area contributed by atoms with E-state index in [-0.39, 0.29) is 0 Å². The summed E-state index contributed by atoms with van der Waals surface area (Å²) in [6.07, 6.45) is -0.675. The molecule has 0 aromatic carbocycles. The molecule has 1 unspecified atom stereocenters. The van der Waals surface area contributed by atoms with E-state index in [1.165, 1.54) is 0 Å². The van der Waals surface area contributed by atoms with Crippen molar-refractivity contribution in [2.45, 2.75) is 12.1 Å². The Balaban J connectivity index is 4.99. The van der Waals surface area contributed by atoms with E-state index in [1.54, 1.807) is 0 Å². The first-order chi connectivity index (χ1) is 6.91. The lowest BCUT2D eigenvalue weighted by atomic mass is 10.3. The second-order valence-corrected chi connectivity index (χ2v) is 4.98. The fourth-order valence-electron chi connectivity index (χ4n) is 0.955. The van der Waals surface area contributed by atoms with Crippen LogP contribution in [0.2, 0.25) is 0 Å². The van der Waals surface area contributed by atoms with Gasteiger partial charge in [0, 0.05) is 14.2 Å². The summed E-state index contributed by atoms with van der Waals surface area (Å²) in [5.74, 6) is -2.23. The quantitative estimate of drug-likeness (QED) is 0.532. The first-order valence-electron chi connectivity index (χ1n) is 3.92. The van der Waals surface area contributed by atoms with Gasteiger partial charge in [-0.2, -0.15) is 0 Å². The van der Waals surface area contributed by atoms with Crippen LogP contribution in [0, 0.1) is 0 Å². The average Bonchev–Trinajstić information content (AvgIpc) is 2.23. The summed E-state index contributed by atoms with van der Waals surface area (Å²) in [4.78, 5) is 21.7. The lowest BCUT2D eigenvalue weighted by Crippen LogP contribution is -2.26. The second kappa shape index (κ2) is 5.85. The Morgan fingerprint density at radius 2 is 1.73 bits per heavy atom. The minimum Gasteiger partial charge on any atom is -0.481 e. The van der Waals surface area contributed by atoms with E-state index in [0.29, 0.717) is 0 Å². The molecule has 0 saturated heterocycles. The molecule has 8 heteroatoms. The highest BCUT2D eigenvalue weighted by Crippen LogP contribution is 2.53. The normalized spacial score (nSPS) is 13.3. The van der Waals surface area contributed by atoms with Crippen LogP contribution in [0.1, 0.15) is 6.42 Å². The molecule has 0 spiro atoms. The van der Waals surface area contributed by atoms with E-state index >= 15 is 0 Å². The van der Waals surface area contributed by atoms with Gasteiger partial charge in [-0.1, -0.05) is 0 Å². The molecule has 7 nitrogen and oxygen atoms in total. The highest BCUT2D eigenvalue weighted by molar-refractivity contribution is 7.55. The van der Waals surface area contributed by atoms with E-state index in [0.717, 1.165) is 21.3 Å². The molecule has 0 aliphatic carbocycles. The molecule has 0 radical (unpaired) electrons. The first kappa shape index (κ1) is 14.1. The molecule has 0 aromatic rings. The summed E-state index contributed by atoms with van der Waals surface area (Å²) in [5, 5.41) is 8.54. The SMILES string of the molecule is COC(=O)C(CC(=O)O)P(=O)(OC)OC. The Bertz CT molecular complexity index is 279. The molecule has 0 amide bonds. The van der Waals surface area contributed by atoms with Crippen molar-refractivity contribution in [1.29, 1.82) is 0 Å². The molecule has 15 heavy (non-hydrogen) atoms.